The molecule has 6 heteroatoms. The minimum absolute atomic E-state index is 0.0977. The molecular weight excluding hydrogens is 236 g/mol. The maximum Gasteiger partial charge on any atom is 0.314 e. The Morgan fingerprint density at radius 2 is 1.89 bits per heavy atom. The molecule has 0 spiro atoms. The highest BCUT2D eigenvalue weighted by Crippen LogP contribution is 2.12. The molecule has 0 fully saturated rings. The summed E-state index contributed by atoms with van der Waals surface area (Å²) in [6.07, 6.45) is 1.73. The number of carboxylic acids is 1. The topological polar surface area (TPSA) is 87.7 Å². The molecular formula is C12H24N2O4. The molecule has 6 nitrogen and oxygen atoms in total. The summed E-state index contributed by atoms with van der Waals surface area (Å²) in [4.78, 5) is 22.2. The molecule has 3 N–H and O–H groups in total. The molecule has 0 aromatic rings. The largest absolute Gasteiger partial charge is 0.481 e. The molecule has 0 aliphatic rings. The number of aliphatic carboxylic acids is 1. The van der Waals surface area contributed by atoms with Crippen molar-refractivity contribution in [2.24, 2.45) is 5.41 Å². The van der Waals surface area contributed by atoms with Crippen molar-refractivity contribution in [3.05, 3.63) is 0 Å². The molecule has 2 amide bonds. The second-order valence-corrected chi connectivity index (χ2v) is 4.76. The van der Waals surface area contributed by atoms with Crippen LogP contribution in [0.4, 0.5) is 4.79 Å². The SMILES string of the molecule is CCCOCCCNC(=O)NCC(C)(C)C(=O)O. The van der Waals surface area contributed by atoms with E-state index < -0.39 is 11.4 Å². The lowest BCUT2D eigenvalue weighted by molar-refractivity contribution is -0.146. The van der Waals surface area contributed by atoms with Crippen LogP contribution in [0, 0.1) is 5.41 Å². The summed E-state index contributed by atoms with van der Waals surface area (Å²) < 4.78 is 5.26. The Labute approximate surface area is 108 Å². The summed E-state index contributed by atoms with van der Waals surface area (Å²) in [5.74, 6) is -0.934. The molecule has 0 bridgehead atoms. The van der Waals surface area contributed by atoms with Gasteiger partial charge in [0, 0.05) is 26.3 Å². The molecule has 0 rings (SSSR count). The van der Waals surface area contributed by atoms with Crippen LogP contribution in [-0.4, -0.2) is 43.4 Å². The molecule has 0 aliphatic heterocycles. The number of hydrogen-bond acceptors (Lipinski definition) is 3. The third kappa shape index (κ3) is 7.89. The van der Waals surface area contributed by atoms with Gasteiger partial charge in [0.25, 0.3) is 0 Å². The fraction of sp³-hybridized carbons (Fsp3) is 0.833. The van der Waals surface area contributed by atoms with E-state index >= 15 is 0 Å². The Kier molecular flexibility index (Phi) is 8.11. The van der Waals surface area contributed by atoms with Crippen LogP contribution in [0.15, 0.2) is 0 Å². The number of carbonyl (C=O) groups is 2. The predicted octanol–water partition coefficient (Wildman–Crippen LogP) is 1.21. The van der Waals surface area contributed by atoms with Crippen molar-refractivity contribution in [3.63, 3.8) is 0 Å². The molecule has 0 saturated carbocycles. The third-order valence-electron chi connectivity index (χ3n) is 2.37. The van der Waals surface area contributed by atoms with E-state index in [1.807, 2.05) is 6.92 Å². The van der Waals surface area contributed by atoms with E-state index in [0.717, 1.165) is 19.4 Å². The summed E-state index contributed by atoms with van der Waals surface area (Å²) >= 11 is 0. The van der Waals surface area contributed by atoms with Crippen molar-refractivity contribution in [1.29, 1.82) is 0 Å². The predicted molar refractivity (Wildman–Crippen MR) is 68.5 cm³/mol. The lowest BCUT2D eigenvalue weighted by Gasteiger charge is -2.19. The zero-order chi connectivity index (χ0) is 14.0. The maximum atomic E-state index is 11.3. The number of hydrogen-bond donors (Lipinski definition) is 3. The van der Waals surface area contributed by atoms with Crippen molar-refractivity contribution in [2.75, 3.05) is 26.3 Å². The normalized spacial score (nSPS) is 11.1. The van der Waals surface area contributed by atoms with Crippen LogP contribution in [0.3, 0.4) is 0 Å². The monoisotopic (exact) mass is 260 g/mol. The Balaban J connectivity index is 3.58. The van der Waals surface area contributed by atoms with Gasteiger partial charge in [-0.25, -0.2) is 4.79 Å². The Morgan fingerprint density at radius 3 is 2.44 bits per heavy atom. The van der Waals surface area contributed by atoms with E-state index in [0.29, 0.717) is 13.2 Å². The van der Waals surface area contributed by atoms with Crippen LogP contribution in [0.25, 0.3) is 0 Å². The lowest BCUT2D eigenvalue weighted by atomic mass is 9.94. The average Bonchev–Trinajstić information content (AvgIpc) is 2.31. The van der Waals surface area contributed by atoms with Crippen LogP contribution in [0.5, 0.6) is 0 Å². The van der Waals surface area contributed by atoms with Crippen LogP contribution < -0.4 is 10.6 Å². The fourth-order valence-electron chi connectivity index (χ4n) is 1.06. The number of rotatable bonds is 9. The maximum absolute atomic E-state index is 11.3. The molecule has 0 unspecified atom stereocenters. The minimum atomic E-state index is -0.957. The van der Waals surface area contributed by atoms with Gasteiger partial charge in [-0.15, -0.1) is 0 Å². The molecule has 0 heterocycles. The number of carboxylic acid groups (broad SMARTS) is 1. The van der Waals surface area contributed by atoms with Gasteiger partial charge in [0.15, 0.2) is 0 Å². The van der Waals surface area contributed by atoms with Gasteiger partial charge in [0.05, 0.1) is 5.41 Å². The van der Waals surface area contributed by atoms with E-state index in [2.05, 4.69) is 10.6 Å². The van der Waals surface area contributed by atoms with Crippen molar-refractivity contribution < 1.29 is 19.4 Å². The van der Waals surface area contributed by atoms with Gasteiger partial charge < -0.3 is 20.5 Å². The molecule has 0 atom stereocenters. The smallest absolute Gasteiger partial charge is 0.314 e. The van der Waals surface area contributed by atoms with Gasteiger partial charge in [0.2, 0.25) is 0 Å². The van der Waals surface area contributed by atoms with Crippen LogP contribution in [0.2, 0.25) is 0 Å². The summed E-state index contributed by atoms with van der Waals surface area (Å²) in [5, 5.41) is 14.0. The summed E-state index contributed by atoms with van der Waals surface area (Å²) in [6.45, 7) is 7.13. The molecule has 0 aliphatic carbocycles. The van der Waals surface area contributed by atoms with E-state index in [-0.39, 0.29) is 12.6 Å². The summed E-state index contributed by atoms with van der Waals surface area (Å²) in [6, 6.07) is -0.347. The standard InChI is InChI=1S/C12H24N2O4/c1-4-7-18-8-5-6-13-11(17)14-9-12(2,3)10(15)16/h4-9H2,1-3H3,(H,15,16)(H2,13,14,17). The number of urea groups is 1. The summed E-state index contributed by atoms with van der Waals surface area (Å²) in [5.41, 5.74) is -0.957. The van der Waals surface area contributed by atoms with Gasteiger partial charge in [0.1, 0.15) is 0 Å². The van der Waals surface area contributed by atoms with Gasteiger partial charge in [-0.3, -0.25) is 4.79 Å². The van der Waals surface area contributed by atoms with Crippen LogP contribution in [0.1, 0.15) is 33.6 Å². The molecule has 0 saturated heterocycles. The third-order valence-corrected chi connectivity index (χ3v) is 2.37. The van der Waals surface area contributed by atoms with Crippen molar-refractivity contribution in [3.8, 4) is 0 Å². The molecule has 0 aromatic carbocycles. The van der Waals surface area contributed by atoms with E-state index in [4.69, 9.17) is 9.84 Å². The number of amides is 2. The first-order chi connectivity index (χ1) is 8.40. The Hall–Kier alpha value is -1.30. The van der Waals surface area contributed by atoms with E-state index in [9.17, 15) is 9.59 Å². The van der Waals surface area contributed by atoms with Gasteiger partial charge in [-0.2, -0.15) is 0 Å². The first kappa shape index (κ1) is 16.7. The average molecular weight is 260 g/mol. The Morgan fingerprint density at radius 1 is 1.22 bits per heavy atom. The fourth-order valence-corrected chi connectivity index (χ4v) is 1.06. The number of carbonyl (C=O) groups excluding carboxylic acids is 1. The van der Waals surface area contributed by atoms with Crippen molar-refractivity contribution in [1.82, 2.24) is 10.6 Å². The molecule has 106 valence electrons. The second kappa shape index (κ2) is 8.74. The van der Waals surface area contributed by atoms with E-state index in [1.165, 1.54) is 0 Å². The molecule has 18 heavy (non-hydrogen) atoms. The second-order valence-electron chi connectivity index (χ2n) is 4.76. The van der Waals surface area contributed by atoms with Gasteiger partial charge in [-0.1, -0.05) is 6.92 Å². The highest BCUT2D eigenvalue weighted by atomic mass is 16.5. The highest BCUT2D eigenvalue weighted by Gasteiger charge is 2.27. The van der Waals surface area contributed by atoms with Crippen molar-refractivity contribution in [2.45, 2.75) is 33.6 Å². The van der Waals surface area contributed by atoms with Crippen LogP contribution >= 0.6 is 0 Å². The molecule has 0 aromatic heterocycles. The van der Waals surface area contributed by atoms with Gasteiger partial charge >= 0.3 is 12.0 Å². The van der Waals surface area contributed by atoms with Crippen LogP contribution in [-0.2, 0) is 9.53 Å². The summed E-state index contributed by atoms with van der Waals surface area (Å²) in [7, 11) is 0. The number of ether oxygens (including phenoxy) is 1. The lowest BCUT2D eigenvalue weighted by Crippen LogP contribution is -2.43. The first-order valence-corrected chi connectivity index (χ1v) is 6.23. The van der Waals surface area contributed by atoms with Gasteiger partial charge in [-0.05, 0) is 26.7 Å². The highest BCUT2D eigenvalue weighted by molar-refractivity contribution is 5.77. The first-order valence-electron chi connectivity index (χ1n) is 6.23. The van der Waals surface area contributed by atoms with E-state index in [1.54, 1.807) is 13.8 Å². The zero-order valence-electron chi connectivity index (χ0n) is 11.4. The van der Waals surface area contributed by atoms with Crippen molar-refractivity contribution >= 4 is 12.0 Å². The quantitative estimate of drug-likeness (QED) is 0.544. The zero-order valence-corrected chi connectivity index (χ0v) is 11.4. The Bertz CT molecular complexity index is 267. The molecule has 0 radical (unpaired) electrons. The minimum Gasteiger partial charge on any atom is -0.481 e. The number of nitrogens with one attached hydrogen (secondary N) is 2.